The molecule has 0 fully saturated rings. The van der Waals surface area contributed by atoms with E-state index in [9.17, 15) is 14.3 Å². The molecule has 0 saturated heterocycles. The molecule has 0 aliphatic rings. The number of aromatic nitrogens is 2. The minimum absolute atomic E-state index is 0.0586. The fourth-order valence-electron chi connectivity index (χ4n) is 2.19. The zero-order valence-corrected chi connectivity index (χ0v) is 10.9. The van der Waals surface area contributed by atoms with E-state index < -0.39 is 11.8 Å². The summed E-state index contributed by atoms with van der Waals surface area (Å²) < 4.78 is 13.8. The van der Waals surface area contributed by atoms with Gasteiger partial charge in [-0.3, -0.25) is 0 Å². The molecule has 0 amide bonds. The van der Waals surface area contributed by atoms with E-state index in [-0.39, 0.29) is 11.1 Å². The number of H-pyrrole nitrogens is 1. The molecule has 0 spiro atoms. The van der Waals surface area contributed by atoms with Gasteiger partial charge in [-0.1, -0.05) is 18.2 Å². The number of carbonyl (C=O) groups is 1. The number of aliphatic carboxylic acids is 1. The topological polar surface area (TPSA) is 66.0 Å². The van der Waals surface area contributed by atoms with Gasteiger partial charge >= 0.3 is 5.97 Å². The number of fused-ring (bicyclic) bond motifs is 1. The van der Waals surface area contributed by atoms with Crippen LogP contribution in [0.5, 0.6) is 0 Å². The highest BCUT2D eigenvalue weighted by atomic mass is 19.1. The SMILES string of the molecule is O=C(O)/C(=C\c1c[nH]c2ncccc12)c1ccccc1F. The highest BCUT2D eigenvalue weighted by Crippen LogP contribution is 2.24. The molecule has 0 bridgehead atoms. The van der Waals surface area contributed by atoms with Gasteiger partial charge in [-0.05, 0) is 24.3 Å². The molecule has 2 aromatic heterocycles. The van der Waals surface area contributed by atoms with Crippen LogP contribution in [0.3, 0.4) is 0 Å². The van der Waals surface area contributed by atoms with Gasteiger partial charge in [0.1, 0.15) is 11.5 Å². The summed E-state index contributed by atoms with van der Waals surface area (Å²) in [6.45, 7) is 0. The Kier molecular flexibility index (Phi) is 3.23. The van der Waals surface area contributed by atoms with Crippen LogP contribution in [0.2, 0.25) is 0 Å². The van der Waals surface area contributed by atoms with Crippen molar-refractivity contribution < 1.29 is 14.3 Å². The maximum absolute atomic E-state index is 13.8. The Hall–Kier alpha value is -2.95. The smallest absolute Gasteiger partial charge is 0.336 e. The number of carboxylic acids is 1. The van der Waals surface area contributed by atoms with E-state index >= 15 is 0 Å². The summed E-state index contributed by atoms with van der Waals surface area (Å²) in [5.74, 6) is -1.75. The average Bonchev–Trinajstić information content (AvgIpc) is 2.89. The van der Waals surface area contributed by atoms with Crippen molar-refractivity contribution in [2.24, 2.45) is 0 Å². The molecule has 0 saturated carbocycles. The fraction of sp³-hybridized carbons (Fsp3) is 0. The van der Waals surface area contributed by atoms with E-state index in [2.05, 4.69) is 9.97 Å². The highest BCUT2D eigenvalue weighted by molar-refractivity contribution is 6.21. The maximum atomic E-state index is 13.8. The summed E-state index contributed by atoms with van der Waals surface area (Å²) >= 11 is 0. The fourth-order valence-corrected chi connectivity index (χ4v) is 2.19. The second-order valence-electron chi connectivity index (χ2n) is 4.49. The second-order valence-corrected chi connectivity index (χ2v) is 4.49. The lowest BCUT2D eigenvalue weighted by Crippen LogP contribution is -2.01. The predicted octanol–water partition coefficient (Wildman–Crippen LogP) is 3.33. The minimum Gasteiger partial charge on any atom is -0.478 e. The van der Waals surface area contributed by atoms with E-state index in [1.165, 1.54) is 24.3 Å². The normalized spacial score (nSPS) is 11.8. The van der Waals surface area contributed by atoms with Crippen molar-refractivity contribution in [2.75, 3.05) is 0 Å². The lowest BCUT2D eigenvalue weighted by molar-refractivity contribution is -0.130. The second kappa shape index (κ2) is 5.20. The van der Waals surface area contributed by atoms with Gasteiger partial charge in [0.15, 0.2) is 0 Å². The Morgan fingerprint density at radius 2 is 2.05 bits per heavy atom. The average molecular weight is 282 g/mol. The van der Waals surface area contributed by atoms with Crippen LogP contribution in [0, 0.1) is 5.82 Å². The van der Waals surface area contributed by atoms with E-state index in [4.69, 9.17) is 0 Å². The Balaban J connectivity index is 2.18. The van der Waals surface area contributed by atoms with Crippen molar-refractivity contribution in [1.82, 2.24) is 9.97 Å². The molecule has 3 aromatic rings. The van der Waals surface area contributed by atoms with E-state index in [1.807, 2.05) is 6.07 Å². The minimum atomic E-state index is -1.18. The van der Waals surface area contributed by atoms with Crippen LogP contribution >= 0.6 is 0 Å². The van der Waals surface area contributed by atoms with E-state index in [1.54, 1.807) is 24.5 Å². The first-order valence-corrected chi connectivity index (χ1v) is 6.29. The molecule has 0 atom stereocenters. The van der Waals surface area contributed by atoms with Gasteiger partial charge in [0.25, 0.3) is 0 Å². The van der Waals surface area contributed by atoms with Crippen LogP contribution in [0.25, 0.3) is 22.7 Å². The monoisotopic (exact) mass is 282 g/mol. The molecule has 0 aliphatic heterocycles. The molecule has 104 valence electrons. The molecular formula is C16H11FN2O2. The molecule has 5 heteroatoms. The van der Waals surface area contributed by atoms with Gasteiger partial charge in [-0.15, -0.1) is 0 Å². The number of carboxylic acid groups (broad SMARTS) is 1. The van der Waals surface area contributed by atoms with Gasteiger partial charge in [-0.2, -0.15) is 0 Å². The molecule has 2 N–H and O–H groups in total. The van der Waals surface area contributed by atoms with Crippen molar-refractivity contribution in [3.8, 4) is 0 Å². The zero-order chi connectivity index (χ0) is 14.8. The summed E-state index contributed by atoms with van der Waals surface area (Å²) in [5.41, 5.74) is 1.27. The number of nitrogens with zero attached hydrogens (tertiary/aromatic N) is 1. The van der Waals surface area contributed by atoms with Crippen LogP contribution in [0.15, 0.2) is 48.8 Å². The first kappa shape index (κ1) is 13.1. The van der Waals surface area contributed by atoms with Crippen LogP contribution in [0.4, 0.5) is 4.39 Å². The van der Waals surface area contributed by atoms with Gasteiger partial charge in [0.2, 0.25) is 0 Å². The van der Waals surface area contributed by atoms with Gasteiger partial charge in [0, 0.05) is 28.9 Å². The maximum Gasteiger partial charge on any atom is 0.336 e. The van der Waals surface area contributed by atoms with Crippen molar-refractivity contribution in [3.63, 3.8) is 0 Å². The third kappa shape index (κ3) is 2.41. The number of aromatic amines is 1. The number of hydrogen-bond donors (Lipinski definition) is 2. The van der Waals surface area contributed by atoms with Crippen LogP contribution in [0.1, 0.15) is 11.1 Å². The summed E-state index contributed by atoms with van der Waals surface area (Å²) in [6, 6.07) is 9.40. The third-order valence-corrected chi connectivity index (χ3v) is 3.18. The summed E-state index contributed by atoms with van der Waals surface area (Å²) in [7, 11) is 0. The van der Waals surface area contributed by atoms with Crippen LogP contribution in [-0.2, 0) is 4.79 Å². The first-order valence-electron chi connectivity index (χ1n) is 6.29. The van der Waals surface area contributed by atoms with Crippen molar-refractivity contribution in [1.29, 1.82) is 0 Å². The van der Waals surface area contributed by atoms with Gasteiger partial charge < -0.3 is 10.1 Å². The van der Waals surface area contributed by atoms with Gasteiger partial charge in [0.05, 0.1) is 5.57 Å². The highest BCUT2D eigenvalue weighted by Gasteiger charge is 2.15. The molecule has 21 heavy (non-hydrogen) atoms. The molecular weight excluding hydrogens is 271 g/mol. The number of halogens is 1. The van der Waals surface area contributed by atoms with Gasteiger partial charge in [-0.25, -0.2) is 14.2 Å². The first-order chi connectivity index (χ1) is 10.2. The van der Waals surface area contributed by atoms with Crippen LogP contribution < -0.4 is 0 Å². The number of nitrogens with one attached hydrogen (secondary N) is 1. The standard InChI is InChI=1S/C16H11FN2O2/c17-14-6-2-1-4-12(14)13(16(20)21)8-10-9-19-15-11(10)5-3-7-18-15/h1-9H,(H,18,19)(H,20,21)/b13-8-. The number of rotatable bonds is 3. The molecule has 0 aliphatic carbocycles. The lowest BCUT2D eigenvalue weighted by atomic mass is 10.0. The quantitative estimate of drug-likeness (QED) is 0.724. The number of benzene rings is 1. The van der Waals surface area contributed by atoms with Crippen molar-refractivity contribution in [2.45, 2.75) is 0 Å². The zero-order valence-electron chi connectivity index (χ0n) is 10.9. The largest absolute Gasteiger partial charge is 0.478 e. The summed E-state index contributed by atoms with van der Waals surface area (Å²) in [5, 5.41) is 10.1. The van der Waals surface area contributed by atoms with Crippen molar-refractivity contribution in [3.05, 3.63) is 65.7 Å². The number of pyridine rings is 1. The molecule has 0 radical (unpaired) electrons. The molecule has 2 heterocycles. The predicted molar refractivity (Wildman–Crippen MR) is 78.0 cm³/mol. The molecule has 4 nitrogen and oxygen atoms in total. The Morgan fingerprint density at radius 3 is 2.81 bits per heavy atom. The van der Waals surface area contributed by atoms with E-state index in [0.29, 0.717) is 11.2 Å². The lowest BCUT2D eigenvalue weighted by Gasteiger charge is -2.04. The van der Waals surface area contributed by atoms with Crippen molar-refractivity contribution >= 4 is 28.7 Å². The molecule has 1 aromatic carbocycles. The third-order valence-electron chi connectivity index (χ3n) is 3.18. The number of hydrogen-bond acceptors (Lipinski definition) is 2. The van der Waals surface area contributed by atoms with Crippen LogP contribution in [-0.4, -0.2) is 21.0 Å². The summed E-state index contributed by atoms with van der Waals surface area (Å²) in [4.78, 5) is 18.5. The van der Waals surface area contributed by atoms with E-state index in [0.717, 1.165) is 5.39 Å². The Morgan fingerprint density at radius 1 is 1.24 bits per heavy atom. The Labute approximate surface area is 119 Å². The summed E-state index contributed by atoms with van der Waals surface area (Å²) in [6.07, 6.45) is 4.74. The molecule has 0 unspecified atom stereocenters. The molecule has 3 rings (SSSR count). The Bertz CT molecular complexity index is 852.